The molecule has 2 aromatic rings. The zero-order valence-corrected chi connectivity index (χ0v) is 16.5. The molecule has 9 heteroatoms. The predicted octanol–water partition coefficient (Wildman–Crippen LogP) is 2.66. The summed E-state index contributed by atoms with van der Waals surface area (Å²) in [6.45, 7) is 5.38. The highest BCUT2D eigenvalue weighted by Gasteiger charge is 2.34. The van der Waals surface area contributed by atoms with Gasteiger partial charge in [0.2, 0.25) is 5.91 Å². The molecule has 1 aromatic carbocycles. The van der Waals surface area contributed by atoms with E-state index in [1.165, 1.54) is 23.2 Å². The van der Waals surface area contributed by atoms with Crippen LogP contribution in [0.4, 0.5) is 27.8 Å². The minimum Gasteiger partial charge on any atom is -0.495 e. The number of rotatable bonds is 3. The van der Waals surface area contributed by atoms with Gasteiger partial charge in [0.1, 0.15) is 29.3 Å². The first-order valence-electron chi connectivity index (χ1n) is 8.69. The maximum absolute atomic E-state index is 12.7. The number of nitrogen functional groups attached to an aromatic ring is 1. The lowest BCUT2D eigenvalue weighted by Crippen LogP contribution is -2.34. The summed E-state index contributed by atoms with van der Waals surface area (Å²) in [6, 6.07) is 5.07. The molecule has 28 heavy (non-hydrogen) atoms. The summed E-state index contributed by atoms with van der Waals surface area (Å²) in [5, 5.41) is 0. The third kappa shape index (κ3) is 3.55. The molecule has 2 N–H and O–H groups in total. The summed E-state index contributed by atoms with van der Waals surface area (Å²) in [7, 11) is 3.10. The summed E-state index contributed by atoms with van der Waals surface area (Å²) in [6.07, 6.45) is 0.892. The lowest BCUT2D eigenvalue weighted by molar-refractivity contribution is -0.116. The highest BCUT2D eigenvalue weighted by atomic mass is 16.6. The molecule has 0 aliphatic carbocycles. The molecule has 0 saturated heterocycles. The summed E-state index contributed by atoms with van der Waals surface area (Å²) < 4.78 is 10.8. The van der Waals surface area contributed by atoms with Crippen LogP contribution in [0, 0.1) is 0 Å². The van der Waals surface area contributed by atoms with Crippen LogP contribution in [-0.4, -0.2) is 41.7 Å². The van der Waals surface area contributed by atoms with Gasteiger partial charge >= 0.3 is 6.09 Å². The number of nitrogens with zero attached hydrogens (tertiary/aromatic N) is 4. The van der Waals surface area contributed by atoms with Gasteiger partial charge in [-0.2, -0.15) is 0 Å². The van der Waals surface area contributed by atoms with Crippen molar-refractivity contribution in [2.24, 2.45) is 0 Å². The topological polar surface area (TPSA) is 111 Å². The number of nitrogens with two attached hydrogens (primary N) is 1. The van der Waals surface area contributed by atoms with Crippen LogP contribution >= 0.6 is 0 Å². The minimum atomic E-state index is -0.626. The number of aromatic nitrogens is 2. The Hall–Kier alpha value is -3.36. The zero-order chi connectivity index (χ0) is 20.6. The van der Waals surface area contributed by atoms with Gasteiger partial charge in [0.25, 0.3) is 0 Å². The van der Waals surface area contributed by atoms with Crippen LogP contribution in [0.15, 0.2) is 24.5 Å². The lowest BCUT2D eigenvalue weighted by atomic mass is 10.2. The van der Waals surface area contributed by atoms with Crippen LogP contribution in [0.3, 0.4) is 0 Å². The Bertz CT molecular complexity index is 938. The highest BCUT2D eigenvalue weighted by Crippen LogP contribution is 2.41. The van der Waals surface area contributed by atoms with Gasteiger partial charge in [0.05, 0.1) is 19.2 Å². The molecule has 0 saturated carbocycles. The third-order valence-electron chi connectivity index (χ3n) is 4.20. The smallest absolute Gasteiger partial charge is 0.414 e. The number of ether oxygens (including phenoxy) is 2. The van der Waals surface area contributed by atoms with Crippen LogP contribution in [0.25, 0.3) is 0 Å². The average Bonchev–Trinajstić information content (AvgIpc) is 2.96. The Morgan fingerprint density at radius 3 is 2.64 bits per heavy atom. The number of benzene rings is 1. The fourth-order valence-electron chi connectivity index (χ4n) is 2.87. The molecule has 0 atom stereocenters. The second-order valence-corrected chi connectivity index (χ2v) is 7.36. The van der Waals surface area contributed by atoms with E-state index < -0.39 is 11.7 Å². The van der Waals surface area contributed by atoms with Crippen LogP contribution < -0.4 is 20.3 Å². The van der Waals surface area contributed by atoms with Gasteiger partial charge in [-0.3, -0.25) is 14.6 Å². The van der Waals surface area contributed by atoms with E-state index in [4.69, 9.17) is 15.2 Å². The molecule has 9 nitrogen and oxygen atoms in total. The van der Waals surface area contributed by atoms with E-state index in [0.717, 1.165) is 0 Å². The summed E-state index contributed by atoms with van der Waals surface area (Å²) in [4.78, 5) is 36.1. The average molecular weight is 385 g/mol. The van der Waals surface area contributed by atoms with Gasteiger partial charge in [0.15, 0.2) is 0 Å². The molecule has 1 aliphatic heterocycles. The van der Waals surface area contributed by atoms with E-state index in [1.54, 1.807) is 46.0 Å². The molecule has 2 heterocycles. The van der Waals surface area contributed by atoms with Crippen molar-refractivity contribution in [3.63, 3.8) is 0 Å². The number of carbonyl (C=O) groups excluding carboxylic acids is 2. The Labute approximate surface area is 163 Å². The molecule has 1 aliphatic rings. The summed E-state index contributed by atoms with van der Waals surface area (Å²) in [5.41, 5.74) is 6.83. The number of hydrogen-bond acceptors (Lipinski definition) is 7. The second-order valence-electron chi connectivity index (χ2n) is 7.36. The maximum Gasteiger partial charge on any atom is 0.414 e. The highest BCUT2D eigenvalue weighted by molar-refractivity contribution is 6.08. The van der Waals surface area contributed by atoms with Crippen molar-refractivity contribution in [3.05, 3.63) is 30.1 Å². The van der Waals surface area contributed by atoms with Crippen molar-refractivity contribution in [3.8, 4) is 5.75 Å². The fourth-order valence-corrected chi connectivity index (χ4v) is 2.87. The largest absolute Gasteiger partial charge is 0.495 e. The minimum absolute atomic E-state index is 0.0945. The van der Waals surface area contributed by atoms with Crippen molar-refractivity contribution in [1.29, 1.82) is 0 Å². The Morgan fingerprint density at radius 2 is 2.00 bits per heavy atom. The maximum atomic E-state index is 12.7. The van der Waals surface area contributed by atoms with Crippen molar-refractivity contribution >= 4 is 35.0 Å². The van der Waals surface area contributed by atoms with E-state index >= 15 is 0 Å². The third-order valence-corrected chi connectivity index (χ3v) is 4.20. The van der Waals surface area contributed by atoms with E-state index in [1.807, 2.05) is 0 Å². The van der Waals surface area contributed by atoms with E-state index in [9.17, 15) is 9.59 Å². The molecule has 0 fully saturated rings. The number of methoxy groups -OCH3 is 1. The van der Waals surface area contributed by atoms with Gasteiger partial charge in [-0.25, -0.2) is 14.8 Å². The molecule has 1 aromatic heterocycles. The number of anilines is 4. The first kappa shape index (κ1) is 19.4. The Kier molecular flexibility index (Phi) is 4.84. The van der Waals surface area contributed by atoms with Crippen molar-refractivity contribution < 1.29 is 19.1 Å². The molecule has 0 bridgehead atoms. The predicted molar refractivity (Wildman–Crippen MR) is 105 cm³/mol. The van der Waals surface area contributed by atoms with E-state index in [-0.39, 0.29) is 18.1 Å². The molecule has 0 radical (unpaired) electrons. The molecule has 148 valence electrons. The monoisotopic (exact) mass is 385 g/mol. The van der Waals surface area contributed by atoms with Crippen molar-refractivity contribution in [2.45, 2.75) is 32.8 Å². The van der Waals surface area contributed by atoms with Gasteiger partial charge in [-0.1, -0.05) is 0 Å². The normalized spacial score (nSPS) is 13.3. The quantitative estimate of drug-likeness (QED) is 0.864. The van der Waals surface area contributed by atoms with Crippen LogP contribution in [-0.2, 0) is 16.0 Å². The Morgan fingerprint density at radius 1 is 1.29 bits per heavy atom. The number of carbonyl (C=O) groups is 2. The second kappa shape index (κ2) is 6.99. The number of fused-ring (bicyclic) bond motifs is 1. The van der Waals surface area contributed by atoms with Crippen LogP contribution in [0.2, 0.25) is 0 Å². The first-order valence-corrected chi connectivity index (χ1v) is 8.69. The molecule has 0 unspecified atom stereocenters. The van der Waals surface area contributed by atoms with Gasteiger partial charge in [0, 0.05) is 18.3 Å². The van der Waals surface area contributed by atoms with Crippen LogP contribution in [0.1, 0.15) is 26.3 Å². The summed E-state index contributed by atoms with van der Waals surface area (Å²) >= 11 is 0. The summed E-state index contributed by atoms with van der Waals surface area (Å²) in [5.74, 6) is 0.923. The van der Waals surface area contributed by atoms with Gasteiger partial charge < -0.3 is 15.2 Å². The standard InChI is InChI=1S/C19H23N5O4/c1-19(2,3)28-18(26)23(4)11-6-7-14(27-5)13(8-11)24-15(25)9-12-16(20)21-10-22-17(12)24/h6-8,10H,9H2,1-5H3,(H2,20,21,22). The molecule has 2 amide bonds. The van der Waals surface area contributed by atoms with Gasteiger partial charge in [-0.05, 0) is 39.0 Å². The molecule has 0 spiro atoms. The number of hydrogen-bond donors (Lipinski definition) is 1. The van der Waals surface area contributed by atoms with E-state index in [0.29, 0.717) is 28.5 Å². The SMILES string of the molecule is COc1ccc(N(C)C(=O)OC(C)(C)C)cc1N1C(=O)Cc2c(N)ncnc21. The fraction of sp³-hybridized carbons (Fsp3) is 0.368. The number of amides is 2. The lowest BCUT2D eigenvalue weighted by Gasteiger charge is -2.26. The molecule has 3 rings (SSSR count). The molecular weight excluding hydrogens is 362 g/mol. The first-order chi connectivity index (χ1) is 13.1. The molecular formula is C19H23N5O4. The Balaban J connectivity index is 2.03. The van der Waals surface area contributed by atoms with E-state index in [2.05, 4.69) is 9.97 Å². The van der Waals surface area contributed by atoms with Crippen molar-refractivity contribution in [1.82, 2.24) is 9.97 Å². The van der Waals surface area contributed by atoms with Gasteiger partial charge in [-0.15, -0.1) is 0 Å². The zero-order valence-electron chi connectivity index (χ0n) is 16.5. The van der Waals surface area contributed by atoms with Crippen LogP contribution in [0.5, 0.6) is 5.75 Å². The van der Waals surface area contributed by atoms with Crippen molar-refractivity contribution in [2.75, 3.05) is 29.7 Å².